The molecule has 0 aliphatic rings. The fourth-order valence-corrected chi connectivity index (χ4v) is 1.65. The van der Waals surface area contributed by atoms with E-state index in [2.05, 4.69) is 4.12 Å². The molecular formula is H6MoO7Si2. The van der Waals surface area contributed by atoms with Crippen LogP contribution >= 0.6 is 0 Å². The molecule has 10 heavy (non-hydrogen) atoms. The van der Waals surface area contributed by atoms with E-state index < -0.39 is 18.1 Å². The van der Waals surface area contributed by atoms with Gasteiger partial charge in [0.1, 0.15) is 0 Å². The third-order valence-corrected chi connectivity index (χ3v) is 2.46. The molecule has 0 aromatic carbocycles. The van der Waals surface area contributed by atoms with Crippen molar-refractivity contribution in [3.8, 4) is 0 Å². The fourth-order valence-electron chi connectivity index (χ4n) is 0.184. The molecule has 0 saturated carbocycles. The summed E-state index contributed by atoms with van der Waals surface area (Å²) in [5, 5.41) is 0. The molecule has 0 unspecified atom stereocenters. The largest absolute Gasteiger partial charge is 0.665 e. The Morgan fingerprint density at radius 2 is 0.900 bits per heavy atom. The molecule has 0 bridgehead atoms. The van der Waals surface area contributed by atoms with Crippen LogP contribution in [0.3, 0.4) is 0 Å². The van der Waals surface area contributed by atoms with E-state index in [-0.39, 0.29) is 21.1 Å². The predicted molar refractivity (Wildman–Crippen MR) is 25.9 cm³/mol. The minimum absolute atomic E-state index is 0. The maximum atomic E-state index is 7.94. The van der Waals surface area contributed by atoms with E-state index in [1.165, 1.54) is 0 Å². The SMILES string of the molecule is O[Si](O)(O)O[Si](O)(O)O.[Mo]. The molecule has 0 amide bonds. The average molecular weight is 270 g/mol. The minimum Gasteiger partial charge on any atom is -0.368 e. The normalized spacial score (nSPS) is 12.6. The Morgan fingerprint density at radius 1 is 0.700 bits per heavy atom. The Kier molecular flexibility index (Phi) is 5.39. The van der Waals surface area contributed by atoms with Crippen molar-refractivity contribution in [3.05, 3.63) is 0 Å². The van der Waals surface area contributed by atoms with Gasteiger partial charge in [0.05, 0.1) is 0 Å². The zero-order valence-corrected chi connectivity index (χ0v) is 8.51. The van der Waals surface area contributed by atoms with E-state index in [4.69, 9.17) is 28.8 Å². The molecule has 6 N–H and O–H groups in total. The van der Waals surface area contributed by atoms with Crippen molar-refractivity contribution in [2.75, 3.05) is 0 Å². The van der Waals surface area contributed by atoms with Crippen LogP contribution in [-0.2, 0) is 25.2 Å². The van der Waals surface area contributed by atoms with Gasteiger partial charge in [0, 0.05) is 21.1 Å². The number of hydrogen-bond donors (Lipinski definition) is 6. The summed E-state index contributed by atoms with van der Waals surface area (Å²) in [4.78, 5) is 47.6. The Balaban J connectivity index is 0. The van der Waals surface area contributed by atoms with E-state index in [1.807, 2.05) is 0 Å². The summed E-state index contributed by atoms with van der Waals surface area (Å²) < 4.78 is 3.24. The summed E-state index contributed by atoms with van der Waals surface area (Å²) in [6, 6.07) is 0. The van der Waals surface area contributed by atoms with Gasteiger partial charge in [-0.3, -0.25) is 0 Å². The van der Waals surface area contributed by atoms with Crippen molar-refractivity contribution in [2.24, 2.45) is 0 Å². The first-order valence-electron chi connectivity index (χ1n) is 1.75. The van der Waals surface area contributed by atoms with Gasteiger partial charge in [-0.1, -0.05) is 0 Å². The van der Waals surface area contributed by atoms with Crippen molar-refractivity contribution in [2.45, 2.75) is 0 Å². The van der Waals surface area contributed by atoms with Crippen LogP contribution in [0.15, 0.2) is 0 Å². The second-order valence-electron chi connectivity index (χ2n) is 1.25. The van der Waals surface area contributed by atoms with Gasteiger partial charge in [0.25, 0.3) is 0 Å². The molecule has 0 radical (unpaired) electrons. The van der Waals surface area contributed by atoms with Gasteiger partial charge in [0.15, 0.2) is 0 Å². The van der Waals surface area contributed by atoms with E-state index in [0.29, 0.717) is 0 Å². The van der Waals surface area contributed by atoms with Gasteiger partial charge in [0.2, 0.25) is 0 Å². The van der Waals surface area contributed by atoms with Crippen LogP contribution in [0.4, 0.5) is 0 Å². The molecule has 0 fully saturated rings. The van der Waals surface area contributed by atoms with Crippen molar-refractivity contribution in [1.29, 1.82) is 0 Å². The Labute approximate surface area is 72.4 Å². The molecule has 0 atom stereocenters. The monoisotopic (exact) mass is 272 g/mol. The van der Waals surface area contributed by atoms with Crippen LogP contribution in [0, 0.1) is 0 Å². The van der Waals surface area contributed by atoms with Gasteiger partial charge >= 0.3 is 18.1 Å². The first-order chi connectivity index (χ1) is 3.71. The van der Waals surface area contributed by atoms with Crippen LogP contribution < -0.4 is 0 Å². The molecule has 7 nitrogen and oxygen atoms in total. The molecular weight excluding hydrogens is 264 g/mol. The van der Waals surface area contributed by atoms with Crippen molar-refractivity contribution in [3.63, 3.8) is 0 Å². The number of hydrogen-bond acceptors (Lipinski definition) is 7. The van der Waals surface area contributed by atoms with Gasteiger partial charge in [-0.25, -0.2) is 0 Å². The van der Waals surface area contributed by atoms with E-state index >= 15 is 0 Å². The summed E-state index contributed by atoms with van der Waals surface area (Å²) in [7, 11) is -9.96. The summed E-state index contributed by atoms with van der Waals surface area (Å²) in [6.07, 6.45) is 0. The zero-order chi connectivity index (χ0) is 7.71. The van der Waals surface area contributed by atoms with Gasteiger partial charge < -0.3 is 32.9 Å². The standard InChI is InChI=1S/Mo.H6O7Si2/c;1-8(2,3)7-9(4,5)6/h;1-6H. The second-order valence-corrected chi connectivity index (χ2v) is 4.36. The molecule has 0 saturated heterocycles. The molecule has 0 aromatic rings. The molecule has 0 aliphatic carbocycles. The Hall–Kier alpha value is 0.842. The molecule has 0 spiro atoms. The van der Waals surface area contributed by atoms with Crippen molar-refractivity contribution >= 4 is 18.1 Å². The first kappa shape index (κ1) is 13.4. The maximum absolute atomic E-state index is 7.94. The fraction of sp³-hybridized carbons (Fsp3) is 0. The maximum Gasteiger partial charge on any atom is 0.665 e. The Bertz CT molecular complexity index is 76.8. The van der Waals surface area contributed by atoms with E-state index in [9.17, 15) is 0 Å². The summed E-state index contributed by atoms with van der Waals surface area (Å²) in [6.45, 7) is 0. The molecule has 0 rings (SSSR count). The van der Waals surface area contributed by atoms with Crippen LogP contribution in [-0.4, -0.2) is 46.9 Å². The van der Waals surface area contributed by atoms with E-state index in [0.717, 1.165) is 0 Å². The van der Waals surface area contributed by atoms with Gasteiger partial charge in [-0.2, -0.15) is 0 Å². The van der Waals surface area contributed by atoms with Crippen molar-refractivity contribution in [1.82, 2.24) is 0 Å². The quantitative estimate of drug-likeness (QED) is 0.281. The smallest absolute Gasteiger partial charge is 0.368 e. The van der Waals surface area contributed by atoms with Gasteiger partial charge in [-0.05, 0) is 0 Å². The third kappa shape index (κ3) is 11.6. The summed E-state index contributed by atoms with van der Waals surface area (Å²) in [5.41, 5.74) is 0. The molecule has 0 aliphatic heterocycles. The molecule has 62 valence electrons. The Morgan fingerprint density at radius 3 is 0.900 bits per heavy atom. The van der Waals surface area contributed by atoms with Crippen molar-refractivity contribution < 1.29 is 54.0 Å². The zero-order valence-electron chi connectivity index (χ0n) is 4.50. The first-order valence-corrected chi connectivity index (χ1v) is 5.25. The second kappa shape index (κ2) is 4.02. The minimum atomic E-state index is -4.98. The molecule has 10 heteroatoms. The topological polar surface area (TPSA) is 131 Å². The molecule has 0 heterocycles. The summed E-state index contributed by atoms with van der Waals surface area (Å²) in [5.74, 6) is 0. The van der Waals surface area contributed by atoms with Crippen LogP contribution in [0.2, 0.25) is 0 Å². The van der Waals surface area contributed by atoms with Crippen LogP contribution in [0.5, 0.6) is 0 Å². The van der Waals surface area contributed by atoms with E-state index in [1.54, 1.807) is 0 Å². The van der Waals surface area contributed by atoms with Crippen LogP contribution in [0.1, 0.15) is 0 Å². The molecule has 0 aromatic heterocycles. The number of rotatable bonds is 2. The average Bonchev–Trinajstić information content (AvgIpc) is 1.14. The van der Waals surface area contributed by atoms with Crippen LogP contribution in [0.25, 0.3) is 0 Å². The predicted octanol–water partition coefficient (Wildman–Crippen LogP) is -4.17. The summed E-state index contributed by atoms with van der Waals surface area (Å²) >= 11 is 0. The third-order valence-electron chi connectivity index (χ3n) is 0.274. The van der Waals surface area contributed by atoms with Gasteiger partial charge in [-0.15, -0.1) is 0 Å².